The Hall–Kier alpha value is -2.50. The van der Waals surface area contributed by atoms with Crippen molar-refractivity contribution in [1.82, 2.24) is 14.9 Å². The van der Waals surface area contributed by atoms with Crippen LogP contribution in [-0.2, 0) is 4.74 Å². The summed E-state index contributed by atoms with van der Waals surface area (Å²) in [5, 5.41) is 1.02. The van der Waals surface area contributed by atoms with Gasteiger partial charge in [0.2, 0.25) is 0 Å². The number of hydrogen-bond acceptors (Lipinski definition) is 5. The number of rotatable bonds is 5. The van der Waals surface area contributed by atoms with Crippen LogP contribution in [0.2, 0.25) is 0 Å². The summed E-state index contributed by atoms with van der Waals surface area (Å²) in [7, 11) is 0. The topological polar surface area (TPSA) is 47.5 Å². The van der Waals surface area contributed by atoms with Crippen LogP contribution in [0, 0.1) is 6.92 Å². The number of benzene rings is 2. The first-order chi connectivity index (χ1) is 12.8. The van der Waals surface area contributed by atoms with Crippen LogP contribution >= 0.6 is 0 Å². The molecule has 0 amide bonds. The minimum absolute atomic E-state index is 0.439. The molecule has 2 heterocycles. The predicted molar refractivity (Wildman–Crippen MR) is 102 cm³/mol. The molecule has 1 aliphatic rings. The lowest BCUT2D eigenvalue weighted by Crippen LogP contribution is -2.38. The number of hydrogen-bond donors (Lipinski definition) is 0. The van der Waals surface area contributed by atoms with E-state index in [0.717, 1.165) is 43.8 Å². The Morgan fingerprint density at radius 1 is 1.08 bits per heavy atom. The molecule has 0 saturated carbocycles. The molecule has 26 heavy (non-hydrogen) atoms. The zero-order valence-electron chi connectivity index (χ0n) is 15.0. The van der Waals surface area contributed by atoms with Crippen LogP contribution in [-0.4, -0.2) is 54.3 Å². The van der Waals surface area contributed by atoms with Gasteiger partial charge in [0.15, 0.2) is 0 Å². The average Bonchev–Trinajstić information content (AvgIpc) is 2.68. The van der Waals surface area contributed by atoms with E-state index < -0.39 is 0 Å². The fourth-order valence-corrected chi connectivity index (χ4v) is 3.18. The maximum Gasteiger partial charge on any atom is 0.316 e. The lowest BCUT2D eigenvalue weighted by molar-refractivity contribution is 0.0317. The van der Waals surface area contributed by atoms with Gasteiger partial charge in [-0.2, -0.15) is 4.98 Å². The molecule has 1 fully saturated rings. The van der Waals surface area contributed by atoms with Crippen molar-refractivity contribution in [3.63, 3.8) is 0 Å². The standard InChI is InChI=1S/C21H23N3O2/c1-16-3-2-4-17(13-16)18-5-6-20-19(14-18)15-22-21(23-20)26-12-9-24-7-10-25-11-8-24/h2-6,13-15H,7-12H2,1H3. The first-order valence-corrected chi connectivity index (χ1v) is 9.05. The molecule has 0 radical (unpaired) electrons. The molecule has 0 atom stereocenters. The molecule has 3 aromatic rings. The highest BCUT2D eigenvalue weighted by molar-refractivity contribution is 5.84. The number of aryl methyl sites for hydroxylation is 1. The smallest absolute Gasteiger partial charge is 0.316 e. The van der Waals surface area contributed by atoms with E-state index in [1.165, 1.54) is 16.7 Å². The van der Waals surface area contributed by atoms with Crippen molar-refractivity contribution in [2.75, 3.05) is 39.5 Å². The maximum atomic E-state index is 5.74. The van der Waals surface area contributed by atoms with Crippen molar-refractivity contribution in [3.8, 4) is 17.1 Å². The van der Waals surface area contributed by atoms with E-state index in [-0.39, 0.29) is 0 Å². The van der Waals surface area contributed by atoms with Crippen LogP contribution in [0.25, 0.3) is 22.0 Å². The number of ether oxygens (including phenoxy) is 2. The van der Waals surface area contributed by atoms with Gasteiger partial charge in [0.25, 0.3) is 0 Å². The average molecular weight is 349 g/mol. The third kappa shape index (κ3) is 4.00. The molecular weight excluding hydrogens is 326 g/mol. The van der Waals surface area contributed by atoms with Crippen molar-refractivity contribution in [3.05, 3.63) is 54.2 Å². The third-order valence-electron chi connectivity index (χ3n) is 4.65. The first kappa shape index (κ1) is 16.9. The molecule has 4 rings (SSSR count). The summed E-state index contributed by atoms with van der Waals surface area (Å²) in [6, 6.07) is 15.2. The van der Waals surface area contributed by atoms with Gasteiger partial charge in [-0.1, -0.05) is 35.9 Å². The largest absolute Gasteiger partial charge is 0.462 e. The monoisotopic (exact) mass is 349 g/mol. The van der Waals surface area contributed by atoms with E-state index in [2.05, 4.69) is 58.2 Å². The quantitative estimate of drug-likeness (QED) is 0.707. The second-order valence-electron chi connectivity index (χ2n) is 6.60. The Balaban J connectivity index is 1.45. The van der Waals surface area contributed by atoms with Crippen molar-refractivity contribution in [2.45, 2.75) is 6.92 Å². The number of nitrogens with zero attached hydrogens (tertiary/aromatic N) is 3. The van der Waals surface area contributed by atoms with Crippen molar-refractivity contribution in [1.29, 1.82) is 0 Å². The van der Waals surface area contributed by atoms with E-state index in [1.807, 2.05) is 12.3 Å². The molecule has 0 spiro atoms. The Morgan fingerprint density at radius 2 is 1.92 bits per heavy atom. The predicted octanol–water partition coefficient (Wildman–Crippen LogP) is 3.32. The molecule has 5 heteroatoms. The van der Waals surface area contributed by atoms with Crippen molar-refractivity contribution in [2.24, 2.45) is 0 Å². The molecule has 134 valence electrons. The molecule has 1 saturated heterocycles. The number of aromatic nitrogens is 2. The van der Waals surface area contributed by atoms with Gasteiger partial charge in [-0.05, 0) is 30.2 Å². The molecule has 2 aromatic carbocycles. The highest BCUT2D eigenvalue weighted by Crippen LogP contribution is 2.24. The minimum atomic E-state index is 0.439. The second-order valence-corrected chi connectivity index (χ2v) is 6.60. The van der Waals surface area contributed by atoms with Crippen LogP contribution in [0.4, 0.5) is 0 Å². The summed E-state index contributed by atoms with van der Waals surface area (Å²) < 4.78 is 11.1. The molecule has 5 nitrogen and oxygen atoms in total. The van der Waals surface area contributed by atoms with Gasteiger partial charge >= 0.3 is 6.01 Å². The Morgan fingerprint density at radius 3 is 2.77 bits per heavy atom. The van der Waals surface area contributed by atoms with E-state index >= 15 is 0 Å². The van der Waals surface area contributed by atoms with Gasteiger partial charge in [-0.3, -0.25) is 4.90 Å². The van der Waals surface area contributed by atoms with Crippen molar-refractivity contribution < 1.29 is 9.47 Å². The molecule has 1 aliphatic heterocycles. The van der Waals surface area contributed by atoms with Crippen LogP contribution < -0.4 is 4.74 Å². The first-order valence-electron chi connectivity index (χ1n) is 9.05. The molecule has 1 aromatic heterocycles. The summed E-state index contributed by atoms with van der Waals surface area (Å²) in [6.07, 6.45) is 1.84. The molecule has 0 N–H and O–H groups in total. The van der Waals surface area contributed by atoms with Crippen LogP contribution in [0.5, 0.6) is 6.01 Å². The van der Waals surface area contributed by atoms with Gasteiger partial charge in [0.1, 0.15) is 6.61 Å². The highest BCUT2D eigenvalue weighted by atomic mass is 16.5. The molecular formula is C21H23N3O2. The Bertz CT molecular complexity index is 891. The lowest BCUT2D eigenvalue weighted by atomic mass is 10.0. The SMILES string of the molecule is Cc1cccc(-c2ccc3nc(OCCN4CCOCC4)ncc3c2)c1. The lowest BCUT2D eigenvalue weighted by Gasteiger charge is -2.26. The van der Waals surface area contributed by atoms with Crippen LogP contribution in [0.3, 0.4) is 0 Å². The zero-order valence-corrected chi connectivity index (χ0v) is 15.0. The van der Waals surface area contributed by atoms with E-state index in [4.69, 9.17) is 9.47 Å². The van der Waals surface area contributed by atoms with Gasteiger partial charge in [0.05, 0.1) is 18.7 Å². The van der Waals surface area contributed by atoms with Crippen LogP contribution in [0.15, 0.2) is 48.7 Å². The molecule has 0 aliphatic carbocycles. The van der Waals surface area contributed by atoms with Crippen molar-refractivity contribution >= 4 is 10.9 Å². The van der Waals surface area contributed by atoms with Gasteiger partial charge < -0.3 is 9.47 Å². The summed E-state index contributed by atoms with van der Waals surface area (Å²) in [6.45, 7) is 7.09. The summed E-state index contributed by atoms with van der Waals surface area (Å²) in [5.74, 6) is 0. The van der Waals surface area contributed by atoms with Gasteiger partial charge in [-0.25, -0.2) is 4.98 Å². The Kier molecular flexibility index (Phi) is 5.09. The number of fused-ring (bicyclic) bond motifs is 1. The number of morpholine rings is 1. The third-order valence-corrected chi connectivity index (χ3v) is 4.65. The van der Waals surface area contributed by atoms with E-state index in [1.54, 1.807) is 0 Å². The van der Waals surface area contributed by atoms with Gasteiger partial charge in [0, 0.05) is 31.2 Å². The van der Waals surface area contributed by atoms with E-state index in [9.17, 15) is 0 Å². The zero-order chi connectivity index (χ0) is 17.8. The fraction of sp³-hybridized carbons (Fsp3) is 0.333. The highest BCUT2D eigenvalue weighted by Gasteiger charge is 2.10. The molecule has 0 bridgehead atoms. The summed E-state index contributed by atoms with van der Waals surface area (Å²) in [4.78, 5) is 11.2. The van der Waals surface area contributed by atoms with Crippen LogP contribution in [0.1, 0.15) is 5.56 Å². The maximum absolute atomic E-state index is 5.74. The summed E-state index contributed by atoms with van der Waals surface area (Å²) in [5.41, 5.74) is 4.53. The van der Waals surface area contributed by atoms with E-state index in [0.29, 0.717) is 12.6 Å². The fourth-order valence-electron chi connectivity index (χ4n) is 3.18. The Labute approximate surface area is 153 Å². The van der Waals surface area contributed by atoms with Gasteiger partial charge in [-0.15, -0.1) is 0 Å². The molecule has 0 unspecified atom stereocenters. The summed E-state index contributed by atoms with van der Waals surface area (Å²) >= 11 is 0. The second kappa shape index (κ2) is 7.81. The minimum Gasteiger partial charge on any atom is -0.462 e. The normalized spacial score (nSPS) is 15.3.